The van der Waals surface area contributed by atoms with E-state index in [0.717, 1.165) is 31.6 Å². The van der Waals surface area contributed by atoms with Gasteiger partial charge in [0.2, 0.25) is 0 Å². The number of ether oxygens (including phenoxy) is 2. The molecule has 0 radical (unpaired) electrons. The van der Waals surface area contributed by atoms with Crippen LogP contribution in [-0.4, -0.2) is 44.0 Å². The topological polar surface area (TPSA) is 59.0 Å². The first-order chi connectivity index (χ1) is 9.72. The fraction of sp³-hybridized carbons (Fsp3) is 0.533. The maximum Gasteiger partial charge on any atom is 0.339 e. The molecule has 1 saturated heterocycles. The normalized spacial score (nSPS) is 15.2. The summed E-state index contributed by atoms with van der Waals surface area (Å²) in [5.74, 6) is -0.505. The number of unbranched alkanes of at least 4 members (excludes halogenated alkanes) is 1. The highest BCUT2D eigenvalue weighted by molar-refractivity contribution is 5.92. The minimum Gasteiger partial charge on any atom is -0.493 e. The van der Waals surface area contributed by atoms with Gasteiger partial charge in [0.25, 0.3) is 0 Å². The van der Waals surface area contributed by atoms with E-state index in [1.807, 2.05) is 6.07 Å². The summed E-state index contributed by atoms with van der Waals surface area (Å²) in [6.45, 7) is 5.55. The van der Waals surface area contributed by atoms with Gasteiger partial charge < -0.3 is 19.5 Å². The third-order valence-corrected chi connectivity index (χ3v) is 3.33. The van der Waals surface area contributed by atoms with Gasteiger partial charge in [-0.1, -0.05) is 13.3 Å². The van der Waals surface area contributed by atoms with Crippen molar-refractivity contribution in [3.63, 3.8) is 0 Å². The number of hydrogen-bond donors (Lipinski definition) is 1. The average Bonchev–Trinajstić information content (AvgIpc) is 2.48. The third kappa shape index (κ3) is 3.63. The van der Waals surface area contributed by atoms with Crippen molar-refractivity contribution in [3.05, 3.63) is 23.8 Å². The van der Waals surface area contributed by atoms with Crippen LogP contribution in [0.3, 0.4) is 0 Å². The molecular formula is C15H21NO4. The minimum absolute atomic E-state index is 0.227. The molecule has 1 aliphatic heterocycles. The van der Waals surface area contributed by atoms with Gasteiger partial charge in [-0.25, -0.2) is 4.79 Å². The Bertz CT molecular complexity index is 455. The molecule has 1 aromatic carbocycles. The van der Waals surface area contributed by atoms with Gasteiger partial charge >= 0.3 is 5.97 Å². The van der Waals surface area contributed by atoms with Crippen molar-refractivity contribution in [2.24, 2.45) is 0 Å². The number of anilines is 1. The van der Waals surface area contributed by atoms with Gasteiger partial charge in [-0.05, 0) is 24.6 Å². The van der Waals surface area contributed by atoms with Gasteiger partial charge in [0, 0.05) is 18.8 Å². The molecule has 0 spiro atoms. The monoisotopic (exact) mass is 279 g/mol. The maximum absolute atomic E-state index is 11.4. The van der Waals surface area contributed by atoms with Crippen molar-refractivity contribution < 1.29 is 19.4 Å². The SMILES string of the molecule is CCCCOc1ccc(N2CCOCC2)cc1C(=O)O. The fourth-order valence-electron chi connectivity index (χ4n) is 2.16. The highest BCUT2D eigenvalue weighted by Crippen LogP contribution is 2.26. The zero-order valence-corrected chi connectivity index (χ0v) is 11.8. The lowest BCUT2D eigenvalue weighted by Crippen LogP contribution is -2.36. The molecule has 1 aliphatic rings. The van der Waals surface area contributed by atoms with E-state index in [-0.39, 0.29) is 5.56 Å². The lowest BCUT2D eigenvalue weighted by molar-refractivity contribution is 0.0692. The Morgan fingerprint density at radius 2 is 2.15 bits per heavy atom. The average molecular weight is 279 g/mol. The Kier molecular flexibility index (Phi) is 5.24. The predicted molar refractivity (Wildman–Crippen MR) is 76.8 cm³/mol. The largest absolute Gasteiger partial charge is 0.493 e. The summed E-state index contributed by atoms with van der Waals surface area (Å²) in [5, 5.41) is 9.32. The van der Waals surface area contributed by atoms with Crippen molar-refractivity contribution in [2.75, 3.05) is 37.8 Å². The van der Waals surface area contributed by atoms with Gasteiger partial charge in [0.05, 0.1) is 19.8 Å². The Morgan fingerprint density at radius 1 is 1.40 bits per heavy atom. The summed E-state index contributed by atoms with van der Waals surface area (Å²) >= 11 is 0. The van der Waals surface area contributed by atoms with Crippen LogP contribution in [-0.2, 0) is 4.74 Å². The maximum atomic E-state index is 11.4. The van der Waals surface area contributed by atoms with E-state index in [2.05, 4.69) is 11.8 Å². The van der Waals surface area contributed by atoms with Crippen LogP contribution >= 0.6 is 0 Å². The molecule has 20 heavy (non-hydrogen) atoms. The van der Waals surface area contributed by atoms with Crippen molar-refractivity contribution in [2.45, 2.75) is 19.8 Å². The van der Waals surface area contributed by atoms with Crippen LogP contribution in [0.25, 0.3) is 0 Å². The van der Waals surface area contributed by atoms with Crippen molar-refractivity contribution in [1.82, 2.24) is 0 Å². The fourth-order valence-corrected chi connectivity index (χ4v) is 2.16. The summed E-state index contributed by atoms with van der Waals surface area (Å²) in [6, 6.07) is 5.36. The van der Waals surface area contributed by atoms with Gasteiger partial charge in [-0.15, -0.1) is 0 Å². The molecule has 0 aliphatic carbocycles. The van der Waals surface area contributed by atoms with Gasteiger partial charge in [0.1, 0.15) is 11.3 Å². The number of hydrogen-bond acceptors (Lipinski definition) is 4. The number of carboxylic acid groups (broad SMARTS) is 1. The lowest BCUT2D eigenvalue weighted by atomic mass is 10.1. The van der Waals surface area contributed by atoms with Crippen molar-refractivity contribution in [1.29, 1.82) is 0 Å². The number of aromatic carboxylic acids is 1. The number of carboxylic acids is 1. The predicted octanol–water partition coefficient (Wildman–Crippen LogP) is 2.40. The third-order valence-electron chi connectivity index (χ3n) is 3.33. The lowest BCUT2D eigenvalue weighted by Gasteiger charge is -2.29. The first-order valence-corrected chi connectivity index (χ1v) is 7.05. The quantitative estimate of drug-likeness (QED) is 0.810. The molecule has 110 valence electrons. The molecule has 1 aromatic rings. The van der Waals surface area contributed by atoms with E-state index in [0.29, 0.717) is 25.6 Å². The zero-order valence-electron chi connectivity index (χ0n) is 11.8. The van der Waals surface area contributed by atoms with Crippen LogP contribution in [0, 0.1) is 0 Å². The van der Waals surface area contributed by atoms with Crippen LogP contribution in [0.1, 0.15) is 30.1 Å². The number of rotatable bonds is 6. The van der Waals surface area contributed by atoms with E-state index >= 15 is 0 Å². The zero-order chi connectivity index (χ0) is 14.4. The van der Waals surface area contributed by atoms with Gasteiger partial charge in [-0.2, -0.15) is 0 Å². The molecule has 1 heterocycles. The van der Waals surface area contributed by atoms with E-state index in [9.17, 15) is 9.90 Å². The van der Waals surface area contributed by atoms with Crippen LogP contribution in [0.4, 0.5) is 5.69 Å². The van der Waals surface area contributed by atoms with Crippen molar-refractivity contribution in [3.8, 4) is 5.75 Å². The highest BCUT2D eigenvalue weighted by atomic mass is 16.5. The summed E-state index contributed by atoms with van der Waals surface area (Å²) in [5.41, 5.74) is 1.14. The summed E-state index contributed by atoms with van der Waals surface area (Å²) in [6.07, 6.45) is 1.94. The molecule has 0 amide bonds. The number of benzene rings is 1. The minimum atomic E-state index is -0.952. The standard InChI is InChI=1S/C15H21NO4/c1-2-3-8-20-14-5-4-12(11-13(14)15(17)18)16-6-9-19-10-7-16/h4-5,11H,2-3,6-10H2,1H3,(H,17,18). The number of morpholine rings is 1. The molecule has 0 aromatic heterocycles. The molecular weight excluding hydrogens is 258 g/mol. The van der Waals surface area contributed by atoms with Crippen LogP contribution in [0.5, 0.6) is 5.75 Å². The summed E-state index contributed by atoms with van der Waals surface area (Å²) < 4.78 is 10.9. The highest BCUT2D eigenvalue weighted by Gasteiger charge is 2.17. The first kappa shape index (κ1) is 14.7. The molecule has 5 heteroatoms. The smallest absolute Gasteiger partial charge is 0.339 e. The molecule has 0 atom stereocenters. The molecule has 0 saturated carbocycles. The first-order valence-electron chi connectivity index (χ1n) is 7.05. The van der Waals surface area contributed by atoms with E-state index in [4.69, 9.17) is 9.47 Å². The van der Waals surface area contributed by atoms with Gasteiger partial charge in [-0.3, -0.25) is 0 Å². The van der Waals surface area contributed by atoms with Crippen LogP contribution in [0.15, 0.2) is 18.2 Å². The van der Waals surface area contributed by atoms with E-state index < -0.39 is 5.97 Å². The Labute approximate surface area is 119 Å². The van der Waals surface area contributed by atoms with Crippen molar-refractivity contribution >= 4 is 11.7 Å². The number of carbonyl (C=O) groups is 1. The number of nitrogens with zero attached hydrogens (tertiary/aromatic N) is 1. The molecule has 0 bridgehead atoms. The Hall–Kier alpha value is -1.75. The molecule has 5 nitrogen and oxygen atoms in total. The second-order valence-electron chi connectivity index (χ2n) is 4.79. The second-order valence-corrected chi connectivity index (χ2v) is 4.79. The summed E-state index contributed by atoms with van der Waals surface area (Å²) in [4.78, 5) is 13.5. The molecule has 0 unspecified atom stereocenters. The summed E-state index contributed by atoms with van der Waals surface area (Å²) in [7, 11) is 0. The van der Waals surface area contributed by atoms with Crippen LogP contribution < -0.4 is 9.64 Å². The second kappa shape index (κ2) is 7.14. The van der Waals surface area contributed by atoms with E-state index in [1.54, 1.807) is 12.1 Å². The Morgan fingerprint density at radius 3 is 2.80 bits per heavy atom. The van der Waals surface area contributed by atoms with Gasteiger partial charge in [0.15, 0.2) is 0 Å². The molecule has 2 rings (SSSR count). The molecule has 1 N–H and O–H groups in total. The molecule has 1 fully saturated rings. The van der Waals surface area contributed by atoms with Crippen LogP contribution in [0.2, 0.25) is 0 Å². The Balaban J connectivity index is 2.15. The van der Waals surface area contributed by atoms with E-state index in [1.165, 1.54) is 0 Å².